The Balaban J connectivity index is 1.83. The Hall–Kier alpha value is -2.99. The molecule has 3 atom stereocenters. The number of nitrogens with one attached hydrogen (secondary N) is 1. The highest BCUT2D eigenvalue weighted by molar-refractivity contribution is 5.81. The quantitative estimate of drug-likeness (QED) is 0.755. The molecule has 29 heavy (non-hydrogen) atoms. The van der Waals surface area contributed by atoms with Crippen molar-refractivity contribution >= 4 is 17.9 Å². The molecular weight excluding hydrogens is 366 g/mol. The van der Waals surface area contributed by atoms with E-state index in [-0.39, 0.29) is 42.8 Å². The normalized spacial score (nSPS) is 21.1. The lowest BCUT2D eigenvalue weighted by molar-refractivity contribution is -0.150. The molecular formula is C23H27N3O3. The number of hydrogen-bond acceptors (Lipinski definition) is 4. The van der Waals surface area contributed by atoms with Crippen molar-refractivity contribution in [3.63, 3.8) is 0 Å². The van der Waals surface area contributed by atoms with E-state index >= 15 is 0 Å². The molecule has 2 N–H and O–H groups in total. The summed E-state index contributed by atoms with van der Waals surface area (Å²) in [5, 5.41) is 12.9. The SMILES string of the molecule is CC=Cc1ccc([C@@H]2[C@H](CO)N(C(=O)Cc3cccnc3)[C@H]2CNC(C)=O)cc1. The van der Waals surface area contributed by atoms with Gasteiger partial charge in [-0.1, -0.05) is 42.5 Å². The molecule has 152 valence electrons. The molecule has 0 bridgehead atoms. The number of hydrogen-bond donors (Lipinski definition) is 2. The topological polar surface area (TPSA) is 82.5 Å². The number of aliphatic hydroxyl groups is 1. The van der Waals surface area contributed by atoms with Crippen LogP contribution in [0, 0.1) is 0 Å². The van der Waals surface area contributed by atoms with Crippen LogP contribution in [0.25, 0.3) is 6.08 Å². The first kappa shape index (κ1) is 20.7. The van der Waals surface area contributed by atoms with Crippen LogP contribution in [0.3, 0.4) is 0 Å². The molecule has 0 unspecified atom stereocenters. The van der Waals surface area contributed by atoms with Crippen LogP contribution in [-0.2, 0) is 16.0 Å². The molecule has 2 heterocycles. The van der Waals surface area contributed by atoms with Gasteiger partial charge in [0.15, 0.2) is 0 Å². The van der Waals surface area contributed by atoms with Crippen LogP contribution in [-0.4, -0.2) is 52.0 Å². The van der Waals surface area contributed by atoms with Gasteiger partial charge < -0.3 is 15.3 Å². The fraction of sp³-hybridized carbons (Fsp3) is 0.348. The molecule has 6 nitrogen and oxygen atoms in total. The second kappa shape index (κ2) is 9.47. The van der Waals surface area contributed by atoms with Crippen molar-refractivity contribution in [1.29, 1.82) is 0 Å². The molecule has 2 amide bonds. The average molecular weight is 393 g/mol. The summed E-state index contributed by atoms with van der Waals surface area (Å²) in [6, 6.07) is 11.3. The summed E-state index contributed by atoms with van der Waals surface area (Å²) in [6.07, 6.45) is 7.56. The molecule has 6 heteroatoms. The average Bonchev–Trinajstić information content (AvgIpc) is 2.69. The van der Waals surface area contributed by atoms with E-state index < -0.39 is 0 Å². The van der Waals surface area contributed by atoms with E-state index in [2.05, 4.69) is 10.3 Å². The lowest BCUT2D eigenvalue weighted by atomic mass is 9.74. The van der Waals surface area contributed by atoms with Gasteiger partial charge in [0, 0.05) is 31.8 Å². The van der Waals surface area contributed by atoms with Gasteiger partial charge in [0.2, 0.25) is 11.8 Å². The van der Waals surface area contributed by atoms with Gasteiger partial charge in [0.05, 0.1) is 25.1 Å². The molecule has 3 rings (SSSR count). The molecule has 0 saturated carbocycles. The van der Waals surface area contributed by atoms with E-state index in [1.54, 1.807) is 23.4 Å². The first-order chi connectivity index (χ1) is 14.0. The fourth-order valence-electron chi connectivity index (χ4n) is 4.03. The summed E-state index contributed by atoms with van der Waals surface area (Å²) in [6.45, 7) is 3.66. The van der Waals surface area contributed by atoms with E-state index in [0.717, 1.165) is 16.7 Å². The summed E-state index contributed by atoms with van der Waals surface area (Å²) >= 11 is 0. The van der Waals surface area contributed by atoms with Crippen molar-refractivity contribution in [2.45, 2.75) is 38.3 Å². The molecule has 0 spiro atoms. The van der Waals surface area contributed by atoms with Crippen LogP contribution in [0.15, 0.2) is 54.9 Å². The lowest BCUT2D eigenvalue weighted by Gasteiger charge is -2.55. The van der Waals surface area contributed by atoms with Crippen molar-refractivity contribution in [3.8, 4) is 0 Å². The number of pyridine rings is 1. The predicted molar refractivity (Wildman–Crippen MR) is 112 cm³/mol. The van der Waals surface area contributed by atoms with E-state index in [0.29, 0.717) is 6.54 Å². The van der Waals surface area contributed by atoms with Gasteiger partial charge in [0.1, 0.15) is 0 Å². The Morgan fingerprint density at radius 1 is 1.21 bits per heavy atom. The molecule has 2 aromatic rings. The first-order valence-corrected chi connectivity index (χ1v) is 9.83. The zero-order valence-electron chi connectivity index (χ0n) is 16.8. The van der Waals surface area contributed by atoms with Crippen LogP contribution in [0.5, 0.6) is 0 Å². The minimum absolute atomic E-state index is 0.0376. The lowest BCUT2D eigenvalue weighted by Crippen LogP contribution is -2.68. The van der Waals surface area contributed by atoms with Crippen LogP contribution in [0.2, 0.25) is 0 Å². The second-order valence-corrected chi connectivity index (χ2v) is 7.29. The van der Waals surface area contributed by atoms with Gasteiger partial charge in [0.25, 0.3) is 0 Å². The molecule has 1 aromatic carbocycles. The Bertz CT molecular complexity index is 865. The number of benzene rings is 1. The number of aliphatic hydroxyl groups excluding tert-OH is 1. The number of carbonyl (C=O) groups is 2. The molecule has 1 aromatic heterocycles. The number of allylic oxidation sites excluding steroid dienone is 1. The van der Waals surface area contributed by atoms with E-state index in [1.807, 2.05) is 49.4 Å². The summed E-state index contributed by atoms with van der Waals surface area (Å²) < 4.78 is 0. The molecule has 1 fully saturated rings. The highest BCUT2D eigenvalue weighted by Gasteiger charge is 2.50. The Morgan fingerprint density at radius 3 is 2.55 bits per heavy atom. The highest BCUT2D eigenvalue weighted by atomic mass is 16.3. The van der Waals surface area contributed by atoms with Gasteiger partial charge >= 0.3 is 0 Å². The van der Waals surface area contributed by atoms with Crippen LogP contribution in [0.1, 0.15) is 36.5 Å². The maximum atomic E-state index is 13.0. The maximum absolute atomic E-state index is 13.0. The first-order valence-electron chi connectivity index (χ1n) is 9.83. The second-order valence-electron chi connectivity index (χ2n) is 7.29. The Kier molecular flexibility index (Phi) is 6.77. The van der Waals surface area contributed by atoms with Crippen molar-refractivity contribution in [2.24, 2.45) is 0 Å². The smallest absolute Gasteiger partial charge is 0.227 e. The number of carbonyl (C=O) groups excluding carboxylic acids is 2. The fourth-order valence-corrected chi connectivity index (χ4v) is 4.03. The summed E-state index contributed by atoms with van der Waals surface area (Å²) in [5.41, 5.74) is 2.98. The Labute approximate surface area is 171 Å². The van der Waals surface area contributed by atoms with Crippen LogP contribution >= 0.6 is 0 Å². The van der Waals surface area contributed by atoms with Gasteiger partial charge in [-0.25, -0.2) is 0 Å². The number of aromatic nitrogens is 1. The zero-order valence-corrected chi connectivity index (χ0v) is 16.8. The largest absolute Gasteiger partial charge is 0.394 e. The maximum Gasteiger partial charge on any atom is 0.227 e. The van der Waals surface area contributed by atoms with Crippen LogP contribution < -0.4 is 5.32 Å². The standard InChI is InChI=1S/C23H27N3O3/c1-3-5-17-7-9-19(10-8-17)23-20(14-25-16(2)28)26(21(23)15-27)22(29)12-18-6-4-11-24-13-18/h3-11,13,20-21,23,27H,12,14-15H2,1-2H3,(H,25,28)/t20-,21-,23-/m0/s1. The van der Waals surface area contributed by atoms with Crippen molar-refractivity contribution in [1.82, 2.24) is 15.2 Å². The Morgan fingerprint density at radius 2 is 1.97 bits per heavy atom. The van der Waals surface area contributed by atoms with Gasteiger partial charge in [-0.05, 0) is 29.7 Å². The van der Waals surface area contributed by atoms with Gasteiger partial charge in [-0.2, -0.15) is 0 Å². The summed E-state index contributed by atoms with van der Waals surface area (Å²) in [5.74, 6) is -0.252. The van der Waals surface area contributed by atoms with Crippen molar-refractivity contribution in [3.05, 3.63) is 71.6 Å². The number of amides is 2. The molecule has 0 radical (unpaired) electrons. The number of rotatable bonds is 7. The third-order valence-electron chi connectivity index (χ3n) is 5.34. The van der Waals surface area contributed by atoms with E-state index in [1.165, 1.54) is 6.92 Å². The third kappa shape index (κ3) is 4.71. The molecule has 1 saturated heterocycles. The molecule has 1 aliphatic rings. The van der Waals surface area contributed by atoms with E-state index in [4.69, 9.17) is 0 Å². The summed E-state index contributed by atoms with van der Waals surface area (Å²) in [4.78, 5) is 30.3. The minimum Gasteiger partial charge on any atom is -0.394 e. The predicted octanol–water partition coefficient (Wildman–Crippen LogP) is 2.15. The molecule has 1 aliphatic heterocycles. The third-order valence-corrected chi connectivity index (χ3v) is 5.34. The summed E-state index contributed by atoms with van der Waals surface area (Å²) in [7, 11) is 0. The van der Waals surface area contributed by atoms with Crippen molar-refractivity contribution < 1.29 is 14.7 Å². The minimum atomic E-state index is -0.314. The van der Waals surface area contributed by atoms with Crippen molar-refractivity contribution in [2.75, 3.05) is 13.2 Å². The zero-order chi connectivity index (χ0) is 20.8. The van der Waals surface area contributed by atoms with Gasteiger partial charge in [-0.3, -0.25) is 14.6 Å². The molecule has 0 aliphatic carbocycles. The monoisotopic (exact) mass is 393 g/mol. The van der Waals surface area contributed by atoms with Crippen LogP contribution in [0.4, 0.5) is 0 Å². The van der Waals surface area contributed by atoms with Gasteiger partial charge in [-0.15, -0.1) is 0 Å². The highest BCUT2D eigenvalue weighted by Crippen LogP contribution is 2.41. The number of likely N-dealkylation sites (tertiary alicyclic amines) is 1. The van der Waals surface area contributed by atoms with E-state index in [9.17, 15) is 14.7 Å². The number of nitrogens with zero attached hydrogens (tertiary/aromatic N) is 2.